The zero-order chi connectivity index (χ0) is 20.8. The fourth-order valence-electron chi connectivity index (χ4n) is 3.32. The van der Waals surface area contributed by atoms with Gasteiger partial charge in [-0.3, -0.25) is 4.57 Å². The van der Waals surface area contributed by atoms with E-state index in [4.69, 9.17) is 14.1 Å². The van der Waals surface area contributed by atoms with Crippen LogP contribution in [0.1, 0.15) is 78.1 Å². The highest BCUT2D eigenvalue weighted by Gasteiger charge is 2.24. The molecular weight excluding hydrogens is 383 g/mol. The molecule has 0 bridgehead atoms. The number of hydrogen-bond acceptors (Lipinski definition) is 4. The maximum absolute atomic E-state index is 12.8. The summed E-state index contributed by atoms with van der Waals surface area (Å²) in [5, 5.41) is 1.97. The van der Waals surface area contributed by atoms with Crippen LogP contribution in [0.15, 0.2) is 42.5 Å². The van der Waals surface area contributed by atoms with Crippen molar-refractivity contribution in [3.8, 4) is 5.75 Å². The Morgan fingerprint density at radius 1 is 0.759 bits per heavy atom. The maximum atomic E-state index is 12.8. The summed E-state index contributed by atoms with van der Waals surface area (Å²) in [5.74, 6) is 0.555. The molecule has 5 heteroatoms. The third-order valence-electron chi connectivity index (χ3n) is 5.16. The molecule has 0 saturated heterocycles. The Hall–Kier alpha value is -1.35. The molecule has 0 N–H and O–H groups in total. The van der Waals surface area contributed by atoms with E-state index in [0.29, 0.717) is 12.4 Å². The summed E-state index contributed by atoms with van der Waals surface area (Å²) in [6, 6.07) is 13.6. The van der Waals surface area contributed by atoms with Crippen LogP contribution in [0.4, 0.5) is 0 Å². The Kier molecular flexibility index (Phi) is 11.4. The highest BCUT2D eigenvalue weighted by atomic mass is 31.2. The van der Waals surface area contributed by atoms with E-state index in [0.717, 1.165) is 23.6 Å². The molecule has 4 nitrogen and oxygen atoms in total. The van der Waals surface area contributed by atoms with Crippen LogP contribution in [0, 0.1) is 0 Å². The van der Waals surface area contributed by atoms with Gasteiger partial charge in [-0.1, -0.05) is 113 Å². The van der Waals surface area contributed by atoms with Crippen LogP contribution >= 0.6 is 7.60 Å². The lowest BCUT2D eigenvalue weighted by atomic mass is 10.1. The molecule has 2 rings (SSSR count). The first-order chi connectivity index (χ1) is 14.2. The Morgan fingerprint density at radius 3 is 2.07 bits per heavy atom. The lowest BCUT2D eigenvalue weighted by Crippen LogP contribution is -2.03. The van der Waals surface area contributed by atoms with Crippen LogP contribution in [-0.4, -0.2) is 12.8 Å². The van der Waals surface area contributed by atoms with Gasteiger partial charge < -0.3 is 9.41 Å². The van der Waals surface area contributed by atoms with E-state index in [1.54, 1.807) is 6.92 Å². The monoisotopic (exact) mass is 420 g/mol. The van der Waals surface area contributed by atoms with Crippen LogP contribution in [-0.2, 0) is 13.8 Å². The SMILES string of the molecule is CCCCCCCCCCCCOP(=O)(CC)OOc1cccc2ccccc12. The summed E-state index contributed by atoms with van der Waals surface area (Å²) in [5.41, 5.74) is 0. The molecule has 29 heavy (non-hydrogen) atoms. The second-order valence-electron chi connectivity index (χ2n) is 7.58. The molecule has 162 valence electrons. The van der Waals surface area contributed by atoms with E-state index >= 15 is 0 Å². The van der Waals surface area contributed by atoms with Crippen molar-refractivity contribution in [2.75, 3.05) is 12.8 Å². The first-order valence-electron chi connectivity index (χ1n) is 11.3. The zero-order valence-corrected chi connectivity index (χ0v) is 19.0. The van der Waals surface area contributed by atoms with Crippen LogP contribution in [0.25, 0.3) is 10.8 Å². The Labute approximate surface area is 176 Å². The van der Waals surface area contributed by atoms with Crippen molar-refractivity contribution >= 4 is 18.4 Å². The molecule has 0 saturated carbocycles. The first kappa shape index (κ1) is 23.9. The average molecular weight is 421 g/mol. The Bertz CT molecular complexity index is 741. The summed E-state index contributed by atoms with van der Waals surface area (Å²) in [4.78, 5) is 5.44. The van der Waals surface area contributed by atoms with E-state index in [-0.39, 0.29) is 6.16 Å². The van der Waals surface area contributed by atoms with Gasteiger partial charge in [-0.2, -0.15) is 0 Å². The van der Waals surface area contributed by atoms with Gasteiger partial charge in [0.25, 0.3) is 0 Å². The van der Waals surface area contributed by atoms with Gasteiger partial charge in [-0.25, -0.2) is 0 Å². The van der Waals surface area contributed by atoms with Crippen molar-refractivity contribution in [1.82, 2.24) is 0 Å². The summed E-state index contributed by atoms with van der Waals surface area (Å²) < 4.78 is 23.7. The number of benzene rings is 2. The molecule has 0 heterocycles. The summed E-state index contributed by atoms with van der Waals surface area (Å²) in [6.45, 7) is 4.49. The second kappa shape index (κ2) is 13.8. The normalized spacial score (nSPS) is 13.4. The molecule has 2 aromatic rings. The van der Waals surface area contributed by atoms with Crippen molar-refractivity contribution in [3.63, 3.8) is 0 Å². The third-order valence-corrected chi connectivity index (χ3v) is 6.82. The number of unbranched alkanes of at least 4 members (excludes halogenated alkanes) is 9. The van der Waals surface area contributed by atoms with Crippen molar-refractivity contribution in [2.45, 2.75) is 78.1 Å². The topological polar surface area (TPSA) is 44.8 Å². The minimum Gasteiger partial charge on any atom is -0.328 e. The van der Waals surface area contributed by atoms with Gasteiger partial charge in [0.2, 0.25) is 0 Å². The largest absolute Gasteiger partial charge is 0.368 e. The molecule has 2 aromatic carbocycles. The molecule has 0 radical (unpaired) electrons. The minimum absolute atomic E-state index is 0.287. The van der Waals surface area contributed by atoms with E-state index in [1.165, 1.54) is 51.4 Å². The van der Waals surface area contributed by atoms with Gasteiger partial charge in [-0.05, 0) is 17.9 Å². The Morgan fingerprint density at radius 2 is 1.38 bits per heavy atom. The summed E-state index contributed by atoms with van der Waals surface area (Å²) >= 11 is 0. The predicted octanol–water partition coefficient (Wildman–Crippen LogP) is 8.30. The highest BCUT2D eigenvalue weighted by molar-refractivity contribution is 7.53. The van der Waals surface area contributed by atoms with Gasteiger partial charge in [-0.15, -0.1) is 0 Å². The summed E-state index contributed by atoms with van der Waals surface area (Å²) in [6.07, 6.45) is 12.8. The fourth-order valence-corrected chi connectivity index (χ4v) is 4.26. The molecule has 0 fully saturated rings. The van der Waals surface area contributed by atoms with E-state index in [1.807, 2.05) is 42.5 Å². The molecule has 0 aromatic heterocycles. The van der Waals surface area contributed by atoms with Crippen molar-refractivity contribution in [2.24, 2.45) is 0 Å². The molecule has 0 aliphatic carbocycles. The van der Waals surface area contributed by atoms with Gasteiger partial charge in [0.05, 0.1) is 12.8 Å². The third kappa shape index (κ3) is 8.90. The van der Waals surface area contributed by atoms with E-state index < -0.39 is 7.60 Å². The lowest BCUT2D eigenvalue weighted by Gasteiger charge is -2.16. The highest BCUT2D eigenvalue weighted by Crippen LogP contribution is 2.48. The van der Waals surface area contributed by atoms with Crippen LogP contribution in [0.2, 0.25) is 0 Å². The van der Waals surface area contributed by atoms with Gasteiger partial charge in [0.1, 0.15) is 0 Å². The van der Waals surface area contributed by atoms with Crippen LogP contribution in [0.3, 0.4) is 0 Å². The molecule has 1 atom stereocenters. The van der Waals surface area contributed by atoms with Gasteiger partial charge in [0, 0.05) is 5.39 Å². The van der Waals surface area contributed by atoms with Crippen LogP contribution < -0.4 is 4.89 Å². The number of rotatable bonds is 16. The molecule has 0 aliphatic heterocycles. The predicted molar refractivity (Wildman–Crippen MR) is 122 cm³/mol. The molecular formula is C24H37O4P. The van der Waals surface area contributed by atoms with Crippen LogP contribution in [0.5, 0.6) is 5.75 Å². The minimum atomic E-state index is -3.24. The fraction of sp³-hybridized carbons (Fsp3) is 0.583. The quantitative estimate of drug-likeness (QED) is 0.119. The van der Waals surface area contributed by atoms with Crippen molar-refractivity contribution < 1.29 is 18.7 Å². The standard InChI is InChI=1S/C24H37O4P/c1-3-5-6-7-8-9-10-11-12-15-21-26-29(25,4-2)28-27-24-20-16-18-22-17-13-14-19-23(22)24/h13-14,16-20H,3-12,15,21H2,1-2H3. The smallest absolute Gasteiger partial charge is 0.328 e. The maximum Gasteiger partial charge on any atom is 0.368 e. The lowest BCUT2D eigenvalue weighted by molar-refractivity contribution is -0.111. The van der Waals surface area contributed by atoms with E-state index in [9.17, 15) is 4.57 Å². The van der Waals surface area contributed by atoms with Crippen molar-refractivity contribution in [1.29, 1.82) is 0 Å². The second-order valence-corrected chi connectivity index (χ2v) is 9.84. The van der Waals surface area contributed by atoms with Gasteiger partial charge in [0.15, 0.2) is 5.75 Å². The number of fused-ring (bicyclic) bond motifs is 1. The molecule has 1 unspecified atom stereocenters. The number of hydrogen-bond donors (Lipinski definition) is 0. The summed E-state index contributed by atoms with van der Waals surface area (Å²) in [7, 11) is -3.24. The molecule has 0 spiro atoms. The average Bonchev–Trinajstić information content (AvgIpc) is 2.76. The first-order valence-corrected chi connectivity index (χ1v) is 13.0. The zero-order valence-electron chi connectivity index (χ0n) is 18.1. The van der Waals surface area contributed by atoms with Crippen molar-refractivity contribution in [3.05, 3.63) is 42.5 Å². The van der Waals surface area contributed by atoms with E-state index in [2.05, 4.69) is 6.92 Å². The molecule has 0 aliphatic rings. The van der Waals surface area contributed by atoms with Gasteiger partial charge >= 0.3 is 7.60 Å². The molecule has 0 amide bonds. The Balaban J connectivity index is 1.64.